The Bertz CT molecular complexity index is 402. The smallest absolute Gasteiger partial charge is 0.108 e. The molecular weight excluding hydrogens is 240 g/mol. The van der Waals surface area contributed by atoms with Crippen molar-refractivity contribution in [2.45, 2.75) is 19.9 Å². The molecule has 0 aliphatic heterocycles. The van der Waals surface area contributed by atoms with E-state index in [9.17, 15) is 5.11 Å². The highest BCUT2D eigenvalue weighted by atomic mass is 35.5. The van der Waals surface area contributed by atoms with E-state index < -0.39 is 6.02 Å². The average Bonchev–Trinajstić information content (AvgIpc) is 2.28. The quantitative estimate of drug-likeness (QED) is 0.487. The molecule has 92 valence electrons. The average molecular weight is 254 g/mol. The number of hydrazine groups is 1. The first-order chi connectivity index (χ1) is 8.04. The molecule has 2 N–H and O–H groups in total. The molecule has 0 heterocycles. The third-order valence-electron chi connectivity index (χ3n) is 1.99. The molecule has 0 aliphatic rings. The van der Waals surface area contributed by atoms with Crippen LogP contribution < -0.4 is 10.5 Å². The topological polar surface area (TPSA) is 74.5 Å². The molecule has 5 nitrogen and oxygen atoms in total. The highest BCUT2D eigenvalue weighted by molar-refractivity contribution is 6.30. The number of hydrogen-bond acceptors (Lipinski definition) is 3. The van der Waals surface area contributed by atoms with Crippen LogP contribution in [-0.4, -0.2) is 23.4 Å². The van der Waals surface area contributed by atoms with E-state index in [1.165, 1.54) is 5.01 Å². The number of rotatable bonds is 4. The highest BCUT2D eigenvalue weighted by Crippen LogP contribution is 2.14. The van der Waals surface area contributed by atoms with Crippen LogP contribution in [0, 0.1) is 5.41 Å². The van der Waals surface area contributed by atoms with Crippen LogP contribution in [0.2, 0.25) is 5.02 Å². The Morgan fingerprint density at radius 2 is 2.06 bits per heavy atom. The Kier molecular flexibility index (Phi) is 4.78. The number of benzene rings is 1. The molecule has 17 heavy (non-hydrogen) atoms. The molecular formula is C11H14ClN4O-. The minimum Gasteiger partial charge on any atom is -0.845 e. The van der Waals surface area contributed by atoms with Gasteiger partial charge in [-0.15, -0.1) is 0 Å². The standard InChI is InChI=1S/C11H15ClN4O/c1-8(2)16(11(17)14-7-13)15-10-5-3-9(12)4-6-10/h3-8,15H,1-2H3,(H2,13,14,17)/p-1. The van der Waals surface area contributed by atoms with Gasteiger partial charge in [0.05, 0.1) is 11.7 Å². The summed E-state index contributed by atoms with van der Waals surface area (Å²) < 4.78 is 0. The first-order valence-electron chi connectivity index (χ1n) is 5.10. The van der Waals surface area contributed by atoms with Crippen molar-refractivity contribution in [2.75, 3.05) is 5.43 Å². The van der Waals surface area contributed by atoms with Crippen molar-refractivity contribution in [3.63, 3.8) is 0 Å². The van der Waals surface area contributed by atoms with Crippen molar-refractivity contribution >= 4 is 29.6 Å². The molecule has 0 aromatic heterocycles. The zero-order valence-corrected chi connectivity index (χ0v) is 10.4. The van der Waals surface area contributed by atoms with Crippen molar-refractivity contribution in [3.8, 4) is 0 Å². The number of amidine groups is 1. The monoisotopic (exact) mass is 253 g/mol. The summed E-state index contributed by atoms with van der Waals surface area (Å²) in [5, 5.41) is 20.3. The molecule has 0 spiro atoms. The molecule has 1 aromatic rings. The van der Waals surface area contributed by atoms with E-state index in [1.807, 2.05) is 13.8 Å². The Morgan fingerprint density at radius 3 is 2.53 bits per heavy atom. The number of anilines is 1. The van der Waals surface area contributed by atoms with E-state index in [0.29, 0.717) is 5.02 Å². The lowest BCUT2D eigenvalue weighted by atomic mass is 10.3. The molecule has 0 amide bonds. The van der Waals surface area contributed by atoms with Crippen LogP contribution in [0.25, 0.3) is 0 Å². The first kappa shape index (κ1) is 13.3. The minimum absolute atomic E-state index is 0.0816. The SMILES string of the molecule is CC(C)N(Nc1ccc(Cl)cc1)C([O-])=NC=N. The number of nitrogens with one attached hydrogen (secondary N) is 2. The predicted molar refractivity (Wildman–Crippen MR) is 68.3 cm³/mol. The Hall–Kier alpha value is -1.75. The van der Waals surface area contributed by atoms with E-state index in [2.05, 4.69) is 10.4 Å². The van der Waals surface area contributed by atoms with Gasteiger partial charge in [0.2, 0.25) is 0 Å². The molecule has 1 aromatic carbocycles. The summed E-state index contributed by atoms with van der Waals surface area (Å²) in [6.45, 7) is 3.70. The van der Waals surface area contributed by atoms with Gasteiger partial charge in [-0.2, -0.15) is 0 Å². The van der Waals surface area contributed by atoms with Gasteiger partial charge < -0.3 is 5.11 Å². The molecule has 0 atom stereocenters. The molecule has 6 heteroatoms. The van der Waals surface area contributed by atoms with Gasteiger partial charge in [-0.1, -0.05) is 11.6 Å². The maximum absolute atomic E-state index is 11.6. The lowest BCUT2D eigenvalue weighted by molar-refractivity contribution is -0.234. The number of hydrogen-bond donors (Lipinski definition) is 2. The van der Waals surface area contributed by atoms with E-state index in [4.69, 9.17) is 17.0 Å². The zero-order valence-electron chi connectivity index (χ0n) is 9.64. The van der Waals surface area contributed by atoms with Gasteiger partial charge in [0.1, 0.15) is 6.34 Å². The van der Waals surface area contributed by atoms with Crippen molar-refractivity contribution in [3.05, 3.63) is 29.3 Å². The normalized spacial score (nSPS) is 11.4. The van der Waals surface area contributed by atoms with Gasteiger partial charge in [-0.3, -0.25) is 15.8 Å². The third kappa shape index (κ3) is 3.96. The molecule has 0 fully saturated rings. The van der Waals surface area contributed by atoms with Crippen LogP contribution in [0.1, 0.15) is 13.8 Å². The second kappa shape index (κ2) is 6.10. The van der Waals surface area contributed by atoms with Crippen molar-refractivity contribution < 1.29 is 5.11 Å². The lowest BCUT2D eigenvalue weighted by Crippen LogP contribution is -2.47. The summed E-state index contributed by atoms with van der Waals surface area (Å²) in [5.41, 5.74) is 3.65. The Labute approximate surface area is 105 Å². The molecule has 0 saturated heterocycles. The molecule has 0 unspecified atom stereocenters. The van der Waals surface area contributed by atoms with E-state index >= 15 is 0 Å². The van der Waals surface area contributed by atoms with Gasteiger partial charge in [0.25, 0.3) is 0 Å². The van der Waals surface area contributed by atoms with Crippen LogP contribution in [0.15, 0.2) is 29.3 Å². The fraction of sp³-hybridized carbons (Fsp3) is 0.273. The van der Waals surface area contributed by atoms with Crippen LogP contribution in [0.4, 0.5) is 5.69 Å². The largest absolute Gasteiger partial charge is 0.845 e. The first-order valence-corrected chi connectivity index (χ1v) is 5.47. The molecule has 1 rings (SSSR count). The fourth-order valence-electron chi connectivity index (χ4n) is 1.18. The number of nitrogens with zero attached hydrogens (tertiary/aromatic N) is 2. The van der Waals surface area contributed by atoms with Crippen molar-refractivity contribution in [2.24, 2.45) is 4.99 Å². The van der Waals surface area contributed by atoms with Crippen LogP contribution >= 0.6 is 11.6 Å². The van der Waals surface area contributed by atoms with Crippen LogP contribution in [0.3, 0.4) is 0 Å². The highest BCUT2D eigenvalue weighted by Gasteiger charge is 2.07. The summed E-state index contributed by atoms with van der Waals surface area (Å²) >= 11 is 5.77. The minimum atomic E-state index is -0.509. The summed E-state index contributed by atoms with van der Waals surface area (Å²) in [5.74, 6) is 0. The van der Waals surface area contributed by atoms with Crippen LogP contribution in [0.5, 0.6) is 0 Å². The van der Waals surface area contributed by atoms with E-state index in [0.717, 1.165) is 12.0 Å². The predicted octanol–water partition coefficient (Wildman–Crippen LogP) is 1.70. The number of aliphatic imine (C=N–C) groups is 1. The zero-order chi connectivity index (χ0) is 12.8. The van der Waals surface area contributed by atoms with Gasteiger partial charge in [0, 0.05) is 11.1 Å². The van der Waals surface area contributed by atoms with E-state index in [1.54, 1.807) is 24.3 Å². The van der Waals surface area contributed by atoms with Gasteiger partial charge in [-0.05, 0) is 38.1 Å². The molecule has 0 saturated carbocycles. The maximum atomic E-state index is 11.6. The van der Waals surface area contributed by atoms with Crippen molar-refractivity contribution in [1.29, 1.82) is 5.41 Å². The summed E-state index contributed by atoms with van der Waals surface area (Å²) in [6.07, 6.45) is 0.723. The summed E-state index contributed by atoms with van der Waals surface area (Å²) in [7, 11) is 0. The summed E-state index contributed by atoms with van der Waals surface area (Å²) in [6, 6.07) is 6.37. The molecule has 0 bridgehead atoms. The van der Waals surface area contributed by atoms with Gasteiger partial charge >= 0.3 is 0 Å². The lowest BCUT2D eigenvalue weighted by Gasteiger charge is -2.33. The summed E-state index contributed by atoms with van der Waals surface area (Å²) in [4.78, 5) is 3.40. The maximum Gasteiger partial charge on any atom is 0.108 e. The van der Waals surface area contributed by atoms with Crippen molar-refractivity contribution in [1.82, 2.24) is 5.01 Å². The third-order valence-corrected chi connectivity index (χ3v) is 2.24. The van der Waals surface area contributed by atoms with Crippen LogP contribution in [-0.2, 0) is 0 Å². The Morgan fingerprint density at radius 1 is 1.47 bits per heavy atom. The van der Waals surface area contributed by atoms with E-state index in [-0.39, 0.29) is 6.04 Å². The molecule has 0 radical (unpaired) electrons. The molecule has 0 aliphatic carbocycles. The van der Waals surface area contributed by atoms with Gasteiger partial charge in [0.15, 0.2) is 0 Å². The Balaban J connectivity index is 2.83. The van der Waals surface area contributed by atoms with Gasteiger partial charge in [-0.25, -0.2) is 4.99 Å². The second-order valence-electron chi connectivity index (χ2n) is 3.62. The number of halogens is 1. The fourth-order valence-corrected chi connectivity index (χ4v) is 1.30. The second-order valence-corrected chi connectivity index (χ2v) is 4.06.